The fraction of sp³-hybridized carbons (Fsp3) is 0.297. The van der Waals surface area contributed by atoms with Gasteiger partial charge in [-0.05, 0) is 102 Å². The Morgan fingerprint density at radius 3 is 1.98 bits per heavy atom. The highest BCUT2D eigenvalue weighted by Gasteiger charge is 2.33. The van der Waals surface area contributed by atoms with Crippen LogP contribution >= 0.6 is 0 Å². The lowest BCUT2D eigenvalue weighted by Gasteiger charge is -2.37. The van der Waals surface area contributed by atoms with Gasteiger partial charge in [0.05, 0.1) is 37.6 Å². The van der Waals surface area contributed by atoms with Crippen molar-refractivity contribution in [2.24, 2.45) is 5.41 Å². The highest BCUT2D eigenvalue weighted by atomic mass is 19.1. The van der Waals surface area contributed by atoms with Crippen LogP contribution in [0, 0.1) is 11.2 Å². The first kappa shape index (κ1) is 32.2. The zero-order valence-electron chi connectivity index (χ0n) is 25.9. The predicted octanol–water partition coefficient (Wildman–Crippen LogP) is 7.35. The second-order valence-electron chi connectivity index (χ2n) is 11.9. The zero-order chi connectivity index (χ0) is 32.8. The molecular weight excluding hydrogens is 610 g/mol. The predicted molar refractivity (Wildman–Crippen MR) is 169 cm³/mol. The summed E-state index contributed by atoms with van der Waals surface area (Å²) in [5, 5.41) is 0. The summed E-state index contributed by atoms with van der Waals surface area (Å²) in [4.78, 5) is 25.4. The summed E-state index contributed by atoms with van der Waals surface area (Å²) in [5.74, 6) is -0.942. The molecule has 0 aromatic heterocycles. The van der Waals surface area contributed by atoms with Crippen LogP contribution in [0.5, 0.6) is 23.0 Å². The molecule has 10 heteroatoms. The van der Waals surface area contributed by atoms with Crippen LogP contribution in [0.3, 0.4) is 0 Å². The molecule has 244 valence electrons. The SMILES string of the molecule is CC1(COCCCCOc2ccc(C(=O)Oc3ccc4c(c3)Cc3cc(OC(=O)c5ccc(OCF)cc5F)ccc3-4)cc2)COC1. The molecule has 0 bridgehead atoms. The zero-order valence-corrected chi connectivity index (χ0v) is 25.9. The number of carbonyl (C=O) groups is 2. The molecule has 1 aliphatic heterocycles. The minimum Gasteiger partial charge on any atom is -0.494 e. The summed E-state index contributed by atoms with van der Waals surface area (Å²) in [6.45, 7) is 4.53. The number of unbranched alkanes of at least 4 members (excludes halogenated alkanes) is 1. The van der Waals surface area contributed by atoms with Gasteiger partial charge in [0.25, 0.3) is 0 Å². The highest BCUT2D eigenvalue weighted by Crippen LogP contribution is 2.40. The van der Waals surface area contributed by atoms with E-state index in [4.69, 9.17) is 23.7 Å². The Bertz CT molecular complexity index is 1750. The fourth-order valence-electron chi connectivity index (χ4n) is 5.47. The number of fused-ring (bicyclic) bond motifs is 3. The quantitative estimate of drug-likeness (QED) is 0.0704. The summed E-state index contributed by atoms with van der Waals surface area (Å²) in [6.07, 6.45) is 2.29. The van der Waals surface area contributed by atoms with Crippen LogP contribution in [0.1, 0.15) is 51.6 Å². The van der Waals surface area contributed by atoms with Crippen LogP contribution in [0.2, 0.25) is 0 Å². The Labute approximate surface area is 271 Å². The molecule has 4 aromatic rings. The number of hydrogen-bond donors (Lipinski definition) is 0. The second kappa shape index (κ2) is 14.3. The lowest BCUT2D eigenvalue weighted by Crippen LogP contribution is -2.43. The Kier molecular flexibility index (Phi) is 9.79. The van der Waals surface area contributed by atoms with E-state index in [-0.39, 0.29) is 22.5 Å². The van der Waals surface area contributed by atoms with Gasteiger partial charge >= 0.3 is 11.9 Å². The van der Waals surface area contributed by atoms with Crippen LogP contribution in [-0.4, -0.2) is 51.8 Å². The topological polar surface area (TPSA) is 89.5 Å². The second-order valence-corrected chi connectivity index (χ2v) is 11.9. The normalized spacial score (nSPS) is 14.0. The van der Waals surface area contributed by atoms with Crippen molar-refractivity contribution in [3.63, 3.8) is 0 Å². The van der Waals surface area contributed by atoms with Crippen LogP contribution in [0.15, 0.2) is 78.9 Å². The minimum atomic E-state index is -1.11. The van der Waals surface area contributed by atoms with E-state index in [9.17, 15) is 18.4 Å². The van der Waals surface area contributed by atoms with Crippen LogP contribution in [0.25, 0.3) is 11.1 Å². The van der Waals surface area contributed by atoms with Gasteiger partial charge in [-0.1, -0.05) is 19.1 Å². The van der Waals surface area contributed by atoms with Gasteiger partial charge in [0.15, 0.2) is 0 Å². The summed E-state index contributed by atoms with van der Waals surface area (Å²) >= 11 is 0. The van der Waals surface area contributed by atoms with E-state index in [0.717, 1.165) is 54.4 Å². The monoisotopic (exact) mass is 644 g/mol. The maximum atomic E-state index is 14.4. The van der Waals surface area contributed by atoms with E-state index in [1.165, 1.54) is 12.1 Å². The lowest BCUT2D eigenvalue weighted by molar-refractivity contribution is -0.138. The molecule has 1 heterocycles. The minimum absolute atomic E-state index is 0.0292. The number of rotatable bonds is 14. The number of esters is 2. The standard InChI is InChI=1S/C37H34F2O8/c1-37(21-43-22-37)20-42-14-2-3-15-44-27-6-4-24(5-7-27)35(40)46-29-9-11-31-25(17-29)16-26-18-30(10-12-32(26)31)47-36(41)33-13-8-28(45-23-38)19-34(33)39/h4-13,17-19H,2-3,14-16,20-23H2,1H3. The molecule has 0 N–H and O–H groups in total. The van der Waals surface area contributed by atoms with Crippen molar-refractivity contribution in [1.82, 2.24) is 0 Å². The first-order chi connectivity index (χ1) is 22.8. The summed E-state index contributed by atoms with van der Waals surface area (Å²) < 4.78 is 59.2. The van der Waals surface area contributed by atoms with Crippen molar-refractivity contribution in [2.75, 3.05) is 39.9 Å². The van der Waals surface area contributed by atoms with E-state index in [0.29, 0.717) is 43.3 Å². The third kappa shape index (κ3) is 7.78. The van der Waals surface area contributed by atoms with E-state index in [1.807, 2.05) is 18.2 Å². The molecule has 0 unspecified atom stereocenters. The van der Waals surface area contributed by atoms with Gasteiger partial charge < -0.3 is 28.4 Å². The first-order valence-electron chi connectivity index (χ1n) is 15.4. The molecule has 0 atom stereocenters. The Morgan fingerprint density at radius 1 is 0.745 bits per heavy atom. The largest absolute Gasteiger partial charge is 0.494 e. The molecule has 1 aliphatic carbocycles. The number of hydrogen-bond acceptors (Lipinski definition) is 8. The van der Waals surface area contributed by atoms with Crippen molar-refractivity contribution in [3.05, 3.63) is 107 Å². The molecule has 0 amide bonds. The average Bonchev–Trinajstić information content (AvgIpc) is 3.40. The van der Waals surface area contributed by atoms with Crippen LogP contribution in [-0.2, 0) is 15.9 Å². The molecule has 8 nitrogen and oxygen atoms in total. The van der Waals surface area contributed by atoms with Crippen molar-refractivity contribution < 1.29 is 46.8 Å². The van der Waals surface area contributed by atoms with Gasteiger partial charge in [-0.3, -0.25) is 0 Å². The number of benzene rings is 4. The average molecular weight is 645 g/mol. The maximum Gasteiger partial charge on any atom is 0.346 e. The van der Waals surface area contributed by atoms with E-state index in [2.05, 4.69) is 11.7 Å². The molecular formula is C37H34F2O8. The van der Waals surface area contributed by atoms with Gasteiger partial charge in [0.2, 0.25) is 6.86 Å². The van der Waals surface area contributed by atoms with E-state index in [1.54, 1.807) is 42.5 Å². The summed E-state index contributed by atoms with van der Waals surface area (Å²) in [5.41, 5.74) is 4.05. The van der Waals surface area contributed by atoms with Crippen molar-refractivity contribution in [3.8, 4) is 34.1 Å². The Morgan fingerprint density at radius 2 is 1.36 bits per heavy atom. The highest BCUT2D eigenvalue weighted by molar-refractivity contribution is 5.92. The van der Waals surface area contributed by atoms with Crippen molar-refractivity contribution in [1.29, 1.82) is 0 Å². The first-order valence-corrected chi connectivity index (χ1v) is 15.4. The third-order valence-electron chi connectivity index (χ3n) is 8.02. The van der Waals surface area contributed by atoms with Gasteiger partial charge in [-0.2, -0.15) is 0 Å². The molecule has 2 aliphatic rings. The van der Waals surface area contributed by atoms with Gasteiger partial charge in [0.1, 0.15) is 28.8 Å². The smallest absolute Gasteiger partial charge is 0.346 e. The summed E-state index contributed by atoms with van der Waals surface area (Å²) in [7, 11) is 0. The lowest BCUT2D eigenvalue weighted by atomic mass is 9.90. The van der Waals surface area contributed by atoms with Crippen LogP contribution in [0.4, 0.5) is 8.78 Å². The number of ether oxygens (including phenoxy) is 6. The maximum absolute atomic E-state index is 14.4. The molecule has 1 fully saturated rings. The molecule has 0 spiro atoms. The van der Waals surface area contributed by atoms with Gasteiger partial charge in [-0.25, -0.2) is 18.4 Å². The van der Waals surface area contributed by atoms with E-state index < -0.39 is 24.6 Å². The number of carbonyl (C=O) groups excluding carboxylic acids is 2. The molecule has 0 radical (unpaired) electrons. The van der Waals surface area contributed by atoms with Crippen LogP contribution < -0.4 is 18.9 Å². The van der Waals surface area contributed by atoms with Crippen molar-refractivity contribution in [2.45, 2.75) is 26.2 Å². The molecule has 47 heavy (non-hydrogen) atoms. The van der Waals surface area contributed by atoms with E-state index >= 15 is 0 Å². The molecule has 4 aromatic carbocycles. The van der Waals surface area contributed by atoms with Crippen molar-refractivity contribution >= 4 is 11.9 Å². The third-order valence-corrected chi connectivity index (χ3v) is 8.02. The molecule has 1 saturated heterocycles. The Hall–Kier alpha value is -4.80. The molecule has 0 saturated carbocycles. The Balaban J connectivity index is 0.982. The molecule has 6 rings (SSSR count). The summed E-state index contributed by atoms with van der Waals surface area (Å²) in [6, 6.07) is 20.9. The fourth-order valence-corrected chi connectivity index (χ4v) is 5.47. The number of halogens is 2. The van der Waals surface area contributed by atoms with Gasteiger partial charge in [-0.15, -0.1) is 0 Å². The van der Waals surface area contributed by atoms with Gasteiger partial charge in [0, 0.05) is 18.1 Å². The number of alkyl halides is 1.